The summed E-state index contributed by atoms with van der Waals surface area (Å²) in [6.07, 6.45) is -0.294. The minimum Gasteiger partial charge on any atom is -0.361 e. The number of fused-ring (bicyclic) bond motifs is 1. The van der Waals surface area contributed by atoms with E-state index in [2.05, 4.69) is 5.32 Å². The Morgan fingerprint density at radius 3 is 2.46 bits per heavy atom. The van der Waals surface area contributed by atoms with Gasteiger partial charge in [-0.15, -0.1) is 0 Å². The molecule has 0 saturated heterocycles. The number of nitrogens with zero attached hydrogens (tertiary/aromatic N) is 3. The lowest BCUT2D eigenvalue weighted by molar-refractivity contribution is 0.0735. The van der Waals surface area contributed by atoms with E-state index in [0.29, 0.717) is 22.2 Å². The Morgan fingerprint density at radius 1 is 1.07 bits per heavy atom. The Bertz CT molecular complexity index is 1060. The van der Waals surface area contributed by atoms with Gasteiger partial charge in [0.2, 0.25) is 0 Å². The van der Waals surface area contributed by atoms with Crippen LogP contribution in [0.3, 0.4) is 0 Å². The molecule has 144 valence electrons. The van der Waals surface area contributed by atoms with Gasteiger partial charge in [-0.1, -0.05) is 41.4 Å². The number of para-hydroxylation sites is 1. The van der Waals surface area contributed by atoms with Gasteiger partial charge >= 0.3 is 0 Å². The maximum absolute atomic E-state index is 12.8. The van der Waals surface area contributed by atoms with Crippen LogP contribution in [0.2, 0.25) is 10.0 Å². The van der Waals surface area contributed by atoms with Crippen molar-refractivity contribution < 1.29 is 4.79 Å². The van der Waals surface area contributed by atoms with Crippen molar-refractivity contribution in [1.82, 2.24) is 14.7 Å². The van der Waals surface area contributed by atoms with Gasteiger partial charge in [0.1, 0.15) is 6.17 Å². The molecule has 0 aliphatic carbocycles. The Morgan fingerprint density at radius 2 is 1.75 bits per heavy atom. The lowest BCUT2D eigenvalue weighted by atomic mass is 10.0. The zero-order valence-corrected chi connectivity index (χ0v) is 17.3. The molecule has 0 saturated carbocycles. The highest BCUT2D eigenvalue weighted by Gasteiger charge is 2.33. The van der Waals surface area contributed by atoms with E-state index in [1.165, 1.54) is 0 Å². The van der Waals surface area contributed by atoms with Crippen LogP contribution >= 0.6 is 23.2 Å². The van der Waals surface area contributed by atoms with Gasteiger partial charge in [-0.25, -0.2) is 0 Å². The number of benzene rings is 2. The molecule has 2 heterocycles. The van der Waals surface area contributed by atoms with Crippen LogP contribution in [0.1, 0.15) is 39.0 Å². The summed E-state index contributed by atoms with van der Waals surface area (Å²) in [5.41, 5.74) is 5.13. The van der Waals surface area contributed by atoms with Gasteiger partial charge in [-0.05, 0) is 38.1 Å². The summed E-state index contributed by atoms with van der Waals surface area (Å²) in [4.78, 5) is 14.5. The molecule has 1 aromatic heterocycles. The second-order valence-electron chi connectivity index (χ2n) is 6.95. The monoisotopic (exact) mass is 414 g/mol. The minimum absolute atomic E-state index is 0.0138. The highest BCUT2D eigenvalue weighted by atomic mass is 35.5. The molecule has 3 aromatic rings. The smallest absolute Gasteiger partial charge is 0.257 e. The quantitative estimate of drug-likeness (QED) is 0.651. The van der Waals surface area contributed by atoms with Crippen LogP contribution in [0.15, 0.2) is 42.5 Å². The highest BCUT2D eigenvalue weighted by molar-refractivity contribution is 6.35. The number of aromatic nitrogens is 2. The Balaban J connectivity index is 1.73. The first-order valence-electron chi connectivity index (χ1n) is 8.98. The van der Waals surface area contributed by atoms with E-state index in [4.69, 9.17) is 28.3 Å². The number of amides is 1. The van der Waals surface area contributed by atoms with Crippen molar-refractivity contribution in [2.24, 2.45) is 0 Å². The number of carbonyl (C=O) groups is 1. The standard InChI is InChI=1S/C21H20Cl2N4O/c1-12-19(20-24-18-10-5-4-7-14(18)21(28)26(20)3)13(2)27(25-12)11-15-16(22)8-6-9-17(15)23/h4-10,20,24H,11H2,1-3H3/t20-/m1/s1. The summed E-state index contributed by atoms with van der Waals surface area (Å²) >= 11 is 12.7. The fraction of sp³-hybridized carbons (Fsp3) is 0.238. The molecule has 0 fully saturated rings. The Hall–Kier alpha value is -2.50. The molecule has 1 atom stereocenters. The molecule has 1 aliphatic heterocycles. The Kier molecular flexibility index (Phi) is 4.81. The maximum atomic E-state index is 12.8. The molecule has 1 aliphatic rings. The average Bonchev–Trinajstić information content (AvgIpc) is 2.95. The molecule has 1 N–H and O–H groups in total. The van der Waals surface area contributed by atoms with Crippen LogP contribution in [0.25, 0.3) is 0 Å². The van der Waals surface area contributed by atoms with Gasteiger partial charge in [0, 0.05) is 39.6 Å². The fourth-order valence-corrected chi connectivity index (χ4v) is 4.22. The summed E-state index contributed by atoms with van der Waals surface area (Å²) < 4.78 is 1.89. The molecular formula is C21H20Cl2N4O. The van der Waals surface area contributed by atoms with Crippen molar-refractivity contribution in [3.8, 4) is 0 Å². The number of hydrogen-bond donors (Lipinski definition) is 1. The molecule has 0 spiro atoms. The number of hydrogen-bond acceptors (Lipinski definition) is 3. The van der Waals surface area contributed by atoms with Crippen molar-refractivity contribution in [3.05, 3.63) is 80.6 Å². The predicted molar refractivity (Wildman–Crippen MR) is 112 cm³/mol. The number of aryl methyl sites for hydroxylation is 1. The normalized spacial score (nSPS) is 16.1. The predicted octanol–water partition coefficient (Wildman–Crippen LogP) is 5.05. The molecule has 0 unspecified atom stereocenters. The van der Waals surface area contributed by atoms with E-state index in [9.17, 15) is 4.79 Å². The van der Waals surface area contributed by atoms with Crippen molar-refractivity contribution in [2.45, 2.75) is 26.6 Å². The summed E-state index contributed by atoms with van der Waals surface area (Å²) in [5.74, 6) is -0.0138. The van der Waals surface area contributed by atoms with E-state index >= 15 is 0 Å². The molecule has 1 amide bonds. The molecule has 7 heteroatoms. The summed E-state index contributed by atoms with van der Waals surface area (Å²) in [5, 5.41) is 9.39. The second kappa shape index (κ2) is 7.15. The first-order valence-corrected chi connectivity index (χ1v) is 9.73. The average molecular weight is 415 g/mol. The summed E-state index contributed by atoms with van der Waals surface area (Å²) in [6.45, 7) is 4.42. The number of rotatable bonds is 3. The topological polar surface area (TPSA) is 50.2 Å². The SMILES string of the molecule is Cc1nn(Cc2c(Cl)cccc2Cl)c(C)c1[C@@H]1Nc2ccccc2C(=O)N1C. The number of halogens is 2. The molecule has 28 heavy (non-hydrogen) atoms. The Labute approximate surface area is 173 Å². The first kappa shape index (κ1) is 18.8. The van der Waals surface area contributed by atoms with Gasteiger partial charge in [0.05, 0.1) is 17.8 Å². The van der Waals surface area contributed by atoms with Gasteiger partial charge in [0.15, 0.2) is 0 Å². The van der Waals surface area contributed by atoms with Gasteiger partial charge in [-0.2, -0.15) is 5.10 Å². The zero-order valence-electron chi connectivity index (χ0n) is 15.8. The van der Waals surface area contributed by atoms with Crippen molar-refractivity contribution in [2.75, 3.05) is 12.4 Å². The third-order valence-corrected chi connectivity index (χ3v) is 5.95. The number of nitrogens with one attached hydrogen (secondary N) is 1. The molecule has 4 rings (SSSR count). The van der Waals surface area contributed by atoms with Crippen LogP contribution in [0, 0.1) is 13.8 Å². The third-order valence-electron chi connectivity index (χ3n) is 5.24. The fourth-order valence-electron chi connectivity index (χ4n) is 3.71. The first-order chi connectivity index (χ1) is 13.4. The van der Waals surface area contributed by atoms with E-state index in [1.807, 2.05) is 61.0 Å². The van der Waals surface area contributed by atoms with Crippen molar-refractivity contribution in [1.29, 1.82) is 0 Å². The van der Waals surface area contributed by atoms with Gasteiger partial charge in [-0.3, -0.25) is 9.48 Å². The zero-order chi connectivity index (χ0) is 20.0. The molecule has 0 radical (unpaired) electrons. The second-order valence-corrected chi connectivity index (χ2v) is 7.77. The highest BCUT2D eigenvalue weighted by Crippen LogP contribution is 2.35. The van der Waals surface area contributed by atoms with E-state index in [-0.39, 0.29) is 12.1 Å². The van der Waals surface area contributed by atoms with Crippen molar-refractivity contribution >= 4 is 34.8 Å². The van der Waals surface area contributed by atoms with Gasteiger partial charge in [0.25, 0.3) is 5.91 Å². The van der Waals surface area contributed by atoms with Gasteiger partial charge < -0.3 is 10.2 Å². The van der Waals surface area contributed by atoms with E-state index in [0.717, 1.165) is 28.2 Å². The lowest BCUT2D eigenvalue weighted by Gasteiger charge is -2.35. The molecule has 2 aromatic carbocycles. The summed E-state index contributed by atoms with van der Waals surface area (Å²) in [7, 11) is 1.80. The third kappa shape index (κ3) is 3.05. The summed E-state index contributed by atoms with van der Waals surface area (Å²) in [6, 6.07) is 13.0. The van der Waals surface area contributed by atoms with Crippen LogP contribution in [-0.2, 0) is 6.54 Å². The lowest BCUT2D eigenvalue weighted by Crippen LogP contribution is -2.40. The van der Waals surface area contributed by atoms with Crippen molar-refractivity contribution in [3.63, 3.8) is 0 Å². The molecule has 5 nitrogen and oxygen atoms in total. The number of carbonyl (C=O) groups excluding carboxylic acids is 1. The number of anilines is 1. The van der Waals surface area contributed by atoms with Crippen LogP contribution in [0.5, 0.6) is 0 Å². The largest absolute Gasteiger partial charge is 0.361 e. The minimum atomic E-state index is -0.294. The molecule has 0 bridgehead atoms. The maximum Gasteiger partial charge on any atom is 0.257 e. The molecular weight excluding hydrogens is 395 g/mol. The van der Waals surface area contributed by atoms with Crippen LogP contribution in [0.4, 0.5) is 5.69 Å². The van der Waals surface area contributed by atoms with E-state index in [1.54, 1.807) is 11.9 Å². The van der Waals surface area contributed by atoms with E-state index < -0.39 is 0 Å². The van der Waals surface area contributed by atoms with Crippen LogP contribution in [-0.4, -0.2) is 27.6 Å². The van der Waals surface area contributed by atoms with Crippen LogP contribution < -0.4 is 5.32 Å².